The number of rotatable bonds is 3. The van der Waals surface area contributed by atoms with Crippen LogP contribution in [0.25, 0.3) is 0 Å². The van der Waals surface area contributed by atoms with E-state index in [2.05, 4.69) is 15.9 Å². The van der Waals surface area contributed by atoms with Gasteiger partial charge in [-0.2, -0.15) is 0 Å². The fraction of sp³-hybridized carbons (Fsp3) is 0.417. The van der Waals surface area contributed by atoms with Gasteiger partial charge in [0.25, 0.3) is 9.05 Å². The van der Waals surface area contributed by atoms with E-state index < -0.39 is 15.0 Å². The minimum atomic E-state index is -3.86. The first-order chi connectivity index (χ1) is 8.88. The van der Waals surface area contributed by atoms with Crippen molar-refractivity contribution in [2.75, 3.05) is 0 Å². The van der Waals surface area contributed by atoms with Gasteiger partial charge in [-0.15, -0.1) is 0 Å². The number of esters is 1. The molecule has 0 saturated heterocycles. The van der Waals surface area contributed by atoms with Gasteiger partial charge in [0.15, 0.2) is 0 Å². The van der Waals surface area contributed by atoms with Gasteiger partial charge < -0.3 is 4.74 Å². The summed E-state index contributed by atoms with van der Waals surface area (Å²) in [5.74, 6) is -0.527. The molecular formula is C12H12BrClO4S. The summed E-state index contributed by atoms with van der Waals surface area (Å²) in [6.07, 6.45) is 3.74. The predicted octanol–water partition coefficient (Wildman–Crippen LogP) is 3.48. The van der Waals surface area contributed by atoms with Gasteiger partial charge >= 0.3 is 5.97 Å². The average molecular weight is 368 g/mol. The van der Waals surface area contributed by atoms with Crippen LogP contribution >= 0.6 is 26.6 Å². The molecule has 0 spiro atoms. The number of benzene rings is 1. The topological polar surface area (TPSA) is 60.4 Å². The van der Waals surface area contributed by atoms with Crippen molar-refractivity contribution < 1.29 is 17.9 Å². The lowest BCUT2D eigenvalue weighted by Crippen LogP contribution is -2.15. The van der Waals surface area contributed by atoms with Crippen molar-refractivity contribution in [3.05, 3.63) is 28.2 Å². The fourth-order valence-corrected chi connectivity index (χ4v) is 3.22. The van der Waals surface area contributed by atoms with Crippen molar-refractivity contribution in [2.45, 2.75) is 36.7 Å². The molecule has 0 aliphatic heterocycles. The fourth-order valence-electron chi connectivity index (χ4n) is 2.03. The Balaban J connectivity index is 2.25. The molecule has 1 aliphatic rings. The molecule has 0 atom stereocenters. The SMILES string of the molecule is O=C(OC1CCCC1)c1cc(S(=O)(=O)Cl)ccc1Br. The molecule has 0 radical (unpaired) electrons. The van der Waals surface area contributed by atoms with Gasteiger partial charge in [-0.25, -0.2) is 13.2 Å². The van der Waals surface area contributed by atoms with E-state index in [0.29, 0.717) is 4.47 Å². The summed E-state index contributed by atoms with van der Waals surface area (Å²) >= 11 is 3.21. The van der Waals surface area contributed by atoms with Gasteiger partial charge in [0.2, 0.25) is 0 Å². The van der Waals surface area contributed by atoms with Crippen LogP contribution in [0.15, 0.2) is 27.6 Å². The molecule has 0 heterocycles. The van der Waals surface area contributed by atoms with E-state index in [4.69, 9.17) is 15.4 Å². The van der Waals surface area contributed by atoms with Crippen molar-refractivity contribution >= 4 is 41.6 Å². The van der Waals surface area contributed by atoms with Crippen LogP contribution in [0.1, 0.15) is 36.0 Å². The molecule has 104 valence electrons. The standard InChI is InChI=1S/C12H12BrClO4S/c13-11-6-5-9(19(14,16)17)7-10(11)12(15)18-8-3-1-2-4-8/h5-8H,1-4H2. The van der Waals surface area contributed by atoms with Crippen LogP contribution < -0.4 is 0 Å². The van der Waals surface area contributed by atoms with E-state index in [1.807, 2.05) is 0 Å². The third kappa shape index (κ3) is 3.70. The smallest absolute Gasteiger partial charge is 0.339 e. The minimum Gasteiger partial charge on any atom is -0.459 e. The van der Waals surface area contributed by atoms with Crippen LogP contribution in [0.4, 0.5) is 0 Å². The maximum absolute atomic E-state index is 12.0. The molecule has 1 aliphatic carbocycles. The molecule has 4 nitrogen and oxygen atoms in total. The molecule has 7 heteroatoms. The Kier molecular flexibility index (Phi) is 4.53. The zero-order valence-corrected chi connectivity index (χ0v) is 13.1. The maximum Gasteiger partial charge on any atom is 0.339 e. The minimum absolute atomic E-state index is 0.0735. The highest BCUT2D eigenvalue weighted by molar-refractivity contribution is 9.10. The summed E-state index contributed by atoms with van der Waals surface area (Å²) in [5, 5.41) is 0. The lowest BCUT2D eigenvalue weighted by Gasteiger charge is -2.12. The molecule has 0 bridgehead atoms. The first-order valence-electron chi connectivity index (χ1n) is 5.83. The highest BCUT2D eigenvalue weighted by atomic mass is 79.9. The number of hydrogen-bond acceptors (Lipinski definition) is 4. The summed E-state index contributed by atoms with van der Waals surface area (Å²) in [4.78, 5) is 11.9. The second kappa shape index (κ2) is 5.81. The number of halogens is 2. The Hall–Kier alpha value is -0.590. The molecule has 1 aromatic rings. The Morgan fingerprint density at radius 1 is 1.32 bits per heavy atom. The van der Waals surface area contributed by atoms with E-state index in [1.165, 1.54) is 18.2 Å². The van der Waals surface area contributed by atoms with Gasteiger partial charge in [0.05, 0.1) is 10.5 Å². The third-order valence-electron chi connectivity index (χ3n) is 3.02. The van der Waals surface area contributed by atoms with Crippen molar-refractivity contribution in [1.82, 2.24) is 0 Å². The van der Waals surface area contributed by atoms with Crippen LogP contribution in [-0.2, 0) is 13.8 Å². The second-order valence-electron chi connectivity index (χ2n) is 4.39. The molecular weight excluding hydrogens is 356 g/mol. The van der Waals surface area contributed by atoms with Crippen molar-refractivity contribution in [2.24, 2.45) is 0 Å². The predicted molar refractivity (Wildman–Crippen MR) is 74.9 cm³/mol. The highest BCUT2D eigenvalue weighted by Crippen LogP contribution is 2.26. The zero-order valence-electron chi connectivity index (χ0n) is 9.93. The first kappa shape index (κ1) is 14.8. The zero-order chi connectivity index (χ0) is 14.0. The van der Waals surface area contributed by atoms with Crippen LogP contribution in [-0.4, -0.2) is 20.5 Å². The van der Waals surface area contributed by atoms with Crippen LogP contribution in [0.3, 0.4) is 0 Å². The van der Waals surface area contributed by atoms with Gasteiger partial charge in [-0.05, 0) is 59.8 Å². The average Bonchev–Trinajstić information content (AvgIpc) is 2.80. The van der Waals surface area contributed by atoms with E-state index in [0.717, 1.165) is 25.7 Å². The summed E-state index contributed by atoms with van der Waals surface area (Å²) in [6, 6.07) is 4.03. The normalized spacial score (nSPS) is 16.5. The molecule has 1 fully saturated rings. The quantitative estimate of drug-likeness (QED) is 0.606. The van der Waals surface area contributed by atoms with Gasteiger partial charge in [0, 0.05) is 15.2 Å². The molecule has 0 N–H and O–H groups in total. The Morgan fingerprint density at radius 2 is 1.95 bits per heavy atom. The Morgan fingerprint density at radius 3 is 2.53 bits per heavy atom. The summed E-state index contributed by atoms with van der Waals surface area (Å²) < 4.78 is 28.3. The lowest BCUT2D eigenvalue weighted by molar-refractivity contribution is 0.0316. The summed E-state index contributed by atoms with van der Waals surface area (Å²) in [6.45, 7) is 0. The number of ether oxygens (including phenoxy) is 1. The molecule has 0 unspecified atom stereocenters. The van der Waals surface area contributed by atoms with Gasteiger partial charge in [-0.3, -0.25) is 0 Å². The number of hydrogen-bond donors (Lipinski definition) is 0. The third-order valence-corrected chi connectivity index (χ3v) is 5.06. The molecule has 0 aromatic heterocycles. The molecule has 1 saturated carbocycles. The number of carbonyl (C=O) groups excluding carboxylic acids is 1. The molecule has 19 heavy (non-hydrogen) atoms. The molecule has 0 amide bonds. The monoisotopic (exact) mass is 366 g/mol. The van der Waals surface area contributed by atoms with E-state index in [1.54, 1.807) is 0 Å². The van der Waals surface area contributed by atoms with Crippen LogP contribution in [0.2, 0.25) is 0 Å². The van der Waals surface area contributed by atoms with Gasteiger partial charge in [0.1, 0.15) is 6.10 Å². The van der Waals surface area contributed by atoms with Crippen LogP contribution in [0.5, 0.6) is 0 Å². The van der Waals surface area contributed by atoms with Crippen LogP contribution in [0, 0.1) is 0 Å². The summed E-state index contributed by atoms with van der Waals surface area (Å²) in [5.41, 5.74) is 0.175. The Bertz CT molecular complexity index is 594. The Labute approximate surface area is 124 Å². The number of carbonyl (C=O) groups is 1. The highest BCUT2D eigenvalue weighted by Gasteiger charge is 2.23. The molecule has 1 aromatic carbocycles. The maximum atomic E-state index is 12.0. The van der Waals surface area contributed by atoms with E-state index in [9.17, 15) is 13.2 Å². The van der Waals surface area contributed by atoms with Crippen molar-refractivity contribution in [1.29, 1.82) is 0 Å². The van der Waals surface area contributed by atoms with E-state index >= 15 is 0 Å². The van der Waals surface area contributed by atoms with Crippen molar-refractivity contribution in [3.63, 3.8) is 0 Å². The molecule has 2 rings (SSSR count). The van der Waals surface area contributed by atoms with Crippen molar-refractivity contribution in [3.8, 4) is 0 Å². The second-order valence-corrected chi connectivity index (χ2v) is 7.81. The summed E-state index contributed by atoms with van der Waals surface area (Å²) in [7, 11) is 1.40. The first-order valence-corrected chi connectivity index (χ1v) is 8.93. The largest absolute Gasteiger partial charge is 0.459 e. The lowest BCUT2D eigenvalue weighted by atomic mass is 10.2. The van der Waals surface area contributed by atoms with E-state index in [-0.39, 0.29) is 16.6 Å². The van der Waals surface area contributed by atoms with Gasteiger partial charge in [-0.1, -0.05) is 0 Å².